The van der Waals surface area contributed by atoms with Gasteiger partial charge in [-0.3, -0.25) is 4.79 Å². The number of nitrogens with zero attached hydrogens (tertiary/aromatic N) is 4. The van der Waals surface area contributed by atoms with Crippen molar-refractivity contribution in [3.8, 4) is 5.82 Å². The molecule has 2 heterocycles. The lowest BCUT2D eigenvalue weighted by Gasteiger charge is -2.28. The zero-order valence-electron chi connectivity index (χ0n) is 13.2. The summed E-state index contributed by atoms with van der Waals surface area (Å²) >= 11 is 3.58. The van der Waals surface area contributed by atoms with Crippen LogP contribution in [0.25, 0.3) is 5.82 Å². The van der Waals surface area contributed by atoms with Crippen LogP contribution in [-0.2, 0) is 9.53 Å². The minimum Gasteiger partial charge on any atom is -0.469 e. The molecule has 0 amide bonds. The van der Waals surface area contributed by atoms with Crippen molar-refractivity contribution in [2.45, 2.75) is 38.5 Å². The average molecular weight is 379 g/mol. The Morgan fingerprint density at radius 2 is 2.09 bits per heavy atom. The number of hydrogen-bond acceptors (Lipinski definition) is 5. The van der Waals surface area contributed by atoms with Crippen molar-refractivity contribution in [3.05, 3.63) is 34.2 Å². The molecular weight excluding hydrogens is 360 g/mol. The maximum Gasteiger partial charge on any atom is 0.309 e. The molecule has 1 saturated carbocycles. The van der Waals surface area contributed by atoms with E-state index in [1.54, 1.807) is 4.68 Å². The quantitative estimate of drug-likeness (QED) is 0.767. The molecule has 1 fully saturated rings. The number of ether oxygens (including phenoxy) is 1. The zero-order chi connectivity index (χ0) is 16.4. The van der Waals surface area contributed by atoms with E-state index < -0.39 is 0 Å². The van der Waals surface area contributed by atoms with Gasteiger partial charge in [-0.2, -0.15) is 10.2 Å². The van der Waals surface area contributed by atoms with Crippen LogP contribution in [0.3, 0.4) is 0 Å². The molecule has 2 aromatic heterocycles. The van der Waals surface area contributed by atoms with Gasteiger partial charge in [0.25, 0.3) is 0 Å². The highest BCUT2D eigenvalue weighted by molar-refractivity contribution is 9.10. The van der Waals surface area contributed by atoms with Gasteiger partial charge in [-0.15, -0.1) is 5.10 Å². The Hall–Kier alpha value is -1.76. The summed E-state index contributed by atoms with van der Waals surface area (Å²) in [4.78, 5) is 12.1. The highest BCUT2D eigenvalue weighted by Gasteiger charge is 2.35. The molecule has 0 aliphatic heterocycles. The van der Waals surface area contributed by atoms with E-state index in [4.69, 9.17) is 4.74 Å². The number of carbonyl (C=O) groups excluding carboxylic acids is 1. The predicted molar refractivity (Wildman–Crippen MR) is 88.3 cm³/mol. The van der Waals surface area contributed by atoms with Crippen LogP contribution in [0.2, 0.25) is 0 Å². The Labute approximate surface area is 143 Å². The van der Waals surface area contributed by atoms with Crippen LogP contribution in [-0.4, -0.2) is 33.1 Å². The van der Waals surface area contributed by atoms with Crippen LogP contribution in [0.15, 0.2) is 22.8 Å². The van der Waals surface area contributed by atoms with Crippen molar-refractivity contribution in [3.63, 3.8) is 0 Å². The predicted octanol–water partition coefficient (Wildman–Crippen LogP) is 3.18. The van der Waals surface area contributed by atoms with E-state index in [0.717, 1.165) is 41.5 Å². The van der Waals surface area contributed by atoms with E-state index in [2.05, 4.69) is 31.2 Å². The summed E-state index contributed by atoms with van der Waals surface area (Å²) in [7, 11) is 1.45. The van der Waals surface area contributed by atoms with Gasteiger partial charge in [0.05, 0.1) is 28.9 Å². The van der Waals surface area contributed by atoms with Gasteiger partial charge in [0.15, 0.2) is 5.82 Å². The van der Waals surface area contributed by atoms with Gasteiger partial charge in [0.1, 0.15) is 0 Å². The van der Waals surface area contributed by atoms with Gasteiger partial charge >= 0.3 is 5.97 Å². The summed E-state index contributed by atoms with van der Waals surface area (Å²) < 4.78 is 7.57. The summed E-state index contributed by atoms with van der Waals surface area (Å²) in [5, 5.41) is 12.9. The Balaban J connectivity index is 1.93. The fourth-order valence-corrected chi connectivity index (χ4v) is 3.71. The first-order valence-electron chi connectivity index (χ1n) is 7.73. The average Bonchev–Trinajstić information content (AvgIpc) is 2.96. The maximum absolute atomic E-state index is 12.1. The van der Waals surface area contributed by atoms with E-state index in [1.807, 2.05) is 25.3 Å². The van der Waals surface area contributed by atoms with Crippen LogP contribution in [0.5, 0.6) is 0 Å². The summed E-state index contributed by atoms with van der Waals surface area (Å²) in [6.07, 6.45) is 5.81. The number of carbonyl (C=O) groups is 1. The molecule has 2 atom stereocenters. The van der Waals surface area contributed by atoms with Crippen molar-refractivity contribution >= 4 is 21.9 Å². The SMILES string of the molecule is COC(=O)[C@@H]1CCCC[C@H]1c1nn(-c2ccc(C)nn2)cc1Br. The smallest absolute Gasteiger partial charge is 0.309 e. The number of methoxy groups -OCH3 is 1. The van der Waals surface area contributed by atoms with Crippen LogP contribution < -0.4 is 0 Å². The molecule has 0 aromatic carbocycles. The van der Waals surface area contributed by atoms with Crippen LogP contribution in [0.4, 0.5) is 0 Å². The normalized spacial score (nSPS) is 21.2. The molecule has 2 aromatic rings. The molecule has 3 rings (SSSR count). The van der Waals surface area contributed by atoms with Crippen molar-refractivity contribution in [2.24, 2.45) is 5.92 Å². The van der Waals surface area contributed by atoms with Gasteiger partial charge in [0.2, 0.25) is 0 Å². The van der Waals surface area contributed by atoms with Crippen LogP contribution >= 0.6 is 15.9 Å². The summed E-state index contributed by atoms with van der Waals surface area (Å²) in [6.45, 7) is 1.89. The largest absolute Gasteiger partial charge is 0.469 e. The number of aryl methyl sites for hydroxylation is 1. The molecule has 122 valence electrons. The number of aromatic nitrogens is 4. The molecule has 0 N–H and O–H groups in total. The second-order valence-electron chi connectivity index (χ2n) is 5.86. The fraction of sp³-hybridized carbons (Fsp3) is 0.500. The maximum atomic E-state index is 12.1. The first-order valence-corrected chi connectivity index (χ1v) is 8.53. The van der Waals surface area contributed by atoms with Crippen molar-refractivity contribution in [1.82, 2.24) is 20.0 Å². The molecule has 0 saturated heterocycles. The second-order valence-corrected chi connectivity index (χ2v) is 6.71. The van der Waals surface area contributed by atoms with E-state index in [-0.39, 0.29) is 17.8 Å². The number of halogens is 1. The number of hydrogen-bond donors (Lipinski definition) is 0. The Kier molecular flexibility index (Phi) is 4.75. The lowest BCUT2D eigenvalue weighted by Crippen LogP contribution is -2.27. The number of esters is 1. The summed E-state index contributed by atoms with van der Waals surface area (Å²) in [5.41, 5.74) is 1.75. The summed E-state index contributed by atoms with van der Waals surface area (Å²) in [5.74, 6) is 0.460. The first-order chi connectivity index (χ1) is 11.1. The minimum atomic E-state index is -0.147. The Morgan fingerprint density at radius 3 is 2.78 bits per heavy atom. The fourth-order valence-electron chi connectivity index (χ4n) is 3.14. The highest BCUT2D eigenvalue weighted by atomic mass is 79.9. The lowest BCUT2D eigenvalue weighted by atomic mass is 9.77. The van der Waals surface area contributed by atoms with Crippen molar-refractivity contribution < 1.29 is 9.53 Å². The third-order valence-corrected chi connectivity index (χ3v) is 4.95. The molecule has 0 unspecified atom stereocenters. The van der Waals surface area contributed by atoms with E-state index in [0.29, 0.717) is 5.82 Å². The van der Waals surface area contributed by atoms with E-state index in [1.165, 1.54) is 7.11 Å². The van der Waals surface area contributed by atoms with Gasteiger partial charge in [-0.1, -0.05) is 12.8 Å². The minimum absolute atomic E-state index is 0.0743. The van der Waals surface area contributed by atoms with Gasteiger partial charge < -0.3 is 4.74 Å². The molecule has 0 spiro atoms. The van der Waals surface area contributed by atoms with Gasteiger partial charge in [0, 0.05) is 12.1 Å². The highest BCUT2D eigenvalue weighted by Crippen LogP contribution is 2.40. The van der Waals surface area contributed by atoms with E-state index >= 15 is 0 Å². The van der Waals surface area contributed by atoms with Crippen LogP contribution in [0, 0.1) is 12.8 Å². The molecule has 7 heteroatoms. The molecule has 0 bridgehead atoms. The second kappa shape index (κ2) is 6.78. The van der Waals surface area contributed by atoms with Gasteiger partial charge in [-0.05, 0) is 47.8 Å². The standard InChI is InChI=1S/C16H19BrN4O2/c1-10-7-8-14(19-18-10)21-9-13(17)15(20-21)11-5-3-4-6-12(11)16(22)23-2/h7-9,11-12H,3-6H2,1-2H3/t11-,12-/m1/s1. The molecule has 1 aliphatic carbocycles. The lowest BCUT2D eigenvalue weighted by molar-refractivity contribution is -0.147. The molecule has 1 aliphatic rings. The topological polar surface area (TPSA) is 69.9 Å². The Morgan fingerprint density at radius 1 is 1.30 bits per heavy atom. The first kappa shape index (κ1) is 16.1. The zero-order valence-corrected chi connectivity index (χ0v) is 14.8. The van der Waals surface area contributed by atoms with Crippen molar-refractivity contribution in [2.75, 3.05) is 7.11 Å². The molecular formula is C16H19BrN4O2. The number of rotatable bonds is 3. The summed E-state index contributed by atoms with van der Waals surface area (Å²) in [6, 6.07) is 3.78. The molecule has 0 radical (unpaired) electrons. The Bertz CT molecular complexity index is 699. The third-order valence-electron chi connectivity index (χ3n) is 4.34. The molecule has 23 heavy (non-hydrogen) atoms. The van der Waals surface area contributed by atoms with E-state index in [9.17, 15) is 4.79 Å². The third kappa shape index (κ3) is 3.29. The monoisotopic (exact) mass is 378 g/mol. The van der Waals surface area contributed by atoms with Crippen LogP contribution in [0.1, 0.15) is 43.0 Å². The van der Waals surface area contributed by atoms with Crippen molar-refractivity contribution in [1.29, 1.82) is 0 Å². The molecule has 6 nitrogen and oxygen atoms in total. The van der Waals surface area contributed by atoms with Gasteiger partial charge in [-0.25, -0.2) is 4.68 Å².